The second kappa shape index (κ2) is 8.52. The molecule has 1 fully saturated rings. The predicted octanol–water partition coefficient (Wildman–Crippen LogP) is 3.23. The second-order valence-corrected chi connectivity index (χ2v) is 6.78. The Morgan fingerprint density at radius 3 is 2.80 bits per heavy atom. The fourth-order valence-corrected chi connectivity index (χ4v) is 2.98. The average Bonchev–Trinajstić information content (AvgIpc) is 3.30. The molecule has 2 heterocycles. The summed E-state index contributed by atoms with van der Waals surface area (Å²) < 4.78 is 11.1. The van der Waals surface area contributed by atoms with E-state index in [-0.39, 0.29) is 11.9 Å². The van der Waals surface area contributed by atoms with Crippen LogP contribution in [0, 0.1) is 5.92 Å². The molecule has 3 rings (SSSR count). The van der Waals surface area contributed by atoms with Gasteiger partial charge < -0.3 is 19.8 Å². The van der Waals surface area contributed by atoms with Gasteiger partial charge in [-0.15, -0.1) is 0 Å². The van der Waals surface area contributed by atoms with E-state index in [0.29, 0.717) is 24.0 Å². The fourth-order valence-electron chi connectivity index (χ4n) is 2.86. The first-order valence-corrected chi connectivity index (χ1v) is 8.92. The first-order valence-electron chi connectivity index (χ1n) is 8.54. The molecule has 0 aliphatic carbocycles. The van der Waals surface area contributed by atoms with Crippen molar-refractivity contribution in [1.29, 1.82) is 0 Å². The average molecular weight is 363 g/mol. The summed E-state index contributed by atoms with van der Waals surface area (Å²) in [6, 6.07) is 11.5. The molecule has 0 saturated carbocycles. The van der Waals surface area contributed by atoms with Gasteiger partial charge in [0, 0.05) is 23.2 Å². The number of ether oxygens (including phenoxy) is 1. The molecular formula is C19H23ClN2O3. The van der Waals surface area contributed by atoms with Crippen LogP contribution in [0.3, 0.4) is 0 Å². The van der Waals surface area contributed by atoms with Crippen LogP contribution in [0.1, 0.15) is 19.1 Å². The zero-order chi connectivity index (χ0) is 17.6. The van der Waals surface area contributed by atoms with Gasteiger partial charge in [0.15, 0.2) is 0 Å². The Labute approximate surface area is 152 Å². The van der Waals surface area contributed by atoms with Gasteiger partial charge in [0.1, 0.15) is 11.5 Å². The molecule has 2 aromatic rings. The minimum Gasteiger partial charge on any atom is -0.459 e. The number of nitrogens with one attached hydrogen (secondary N) is 2. The zero-order valence-corrected chi connectivity index (χ0v) is 15.0. The number of hydrogen-bond donors (Lipinski definition) is 2. The maximum atomic E-state index is 12.0. The standard InChI is InChI=1S/C19H23ClN2O3/c1-13(15-8-9-24-12-15)21-11-19(23)22-10-17-6-7-18(25-17)14-2-4-16(20)5-3-14/h2-7,13,15,21H,8-12H2,1H3,(H,22,23)/t13-,15+/m1/s1. The van der Waals surface area contributed by atoms with E-state index in [1.165, 1.54) is 0 Å². The highest BCUT2D eigenvalue weighted by Gasteiger charge is 2.22. The third kappa shape index (κ3) is 5.08. The normalized spacial score (nSPS) is 18.2. The van der Waals surface area contributed by atoms with Crippen molar-refractivity contribution in [1.82, 2.24) is 10.6 Å². The van der Waals surface area contributed by atoms with Crippen molar-refractivity contribution >= 4 is 17.5 Å². The van der Waals surface area contributed by atoms with Crippen LogP contribution >= 0.6 is 11.6 Å². The van der Waals surface area contributed by atoms with Crippen LogP contribution in [0.15, 0.2) is 40.8 Å². The SMILES string of the molecule is C[C@@H](NCC(=O)NCc1ccc(-c2ccc(Cl)cc2)o1)[C@H]1CCOC1. The number of carbonyl (C=O) groups is 1. The molecule has 0 bridgehead atoms. The quantitative estimate of drug-likeness (QED) is 0.793. The maximum absolute atomic E-state index is 12.0. The van der Waals surface area contributed by atoms with E-state index in [4.69, 9.17) is 20.8 Å². The number of rotatable bonds is 7. The number of hydrogen-bond acceptors (Lipinski definition) is 4. The molecular weight excluding hydrogens is 340 g/mol. The van der Waals surface area contributed by atoms with Gasteiger partial charge in [0.25, 0.3) is 0 Å². The zero-order valence-electron chi connectivity index (χ0n) is 14.3. The highest BCUT2D eigenvalue weighted by molar-refractivity contribution is 6.30. The molecule has 6 heteroatoms. The topological polar surface area (TPSA) is 63.5 Å². The molecule has 1 saturated heterocycles. The first kappa shape index (κ1) is 18.0. The minimum atomic E-state index is -0.0461. The Balaban J connectivity index is 1.43. The summed E-state index contributed by atoms with van der Waals surface area (Å²) >= 11 is 5.89. The highest BCUT2D eigenvalue weighted by atomic mass is 35.5. The number of carbonyl (C=O) groups excluding carboxylic acids is 1. The smallest absolute Gasteiger partial charge is 0.234 e. The Morgan fingerprint density at radius 2 is 2.08 bits per heavy atom. The number of amides is 1. The van der Waals surface area contributed by atoms with Crippen LogP contribution in [0.2, 0.25) is 5.02 Å². The summed E-state index contributed by atoms with van der Waals surface area (Å²) in [6.45, 7) is 4.35. The van der Waals surface area contributed by atoms with E-state index in [1.54, 1.807) is 0 Å². The highest BCUT2D eigenvalue weighted by Crippen LogP contribution is 2.23. The van der Waals surface area contributed by atoms with Gasteiger partial charge in [-0.3, -0.25) is 4.79 Å². The Bertz CT molecular complexity index is 693. The van der Waals surface area contributed by atoms with E-state index in [1.807, 2.05) is 36.4 Å². The van der Waals surface area contributed by atoms with Gasteiger partial charge in [-0.25, -0.2) is 0 Å². The lowest BCUT2D eigenvalue weighted by molar-refractivity contribution is -0.120. The molecule has 1 aliphatic heterocycles. The van der Waals surface area contributed by atoms with Crippen LogP contribution in [0.5, 0.6) is 0 Å². The lowest BCUT2D eigenvalue weighted by atomic mass is 10.0. The van der Waals surface area contributed by atoms with Gasteiger partial charge in [0.2, 0.25) is 5.91 Å². The Hall–Kier alpha value is -1.82. The molecule has 1 amide bonds. The van der Waals surface area contributed by atoms with Crippen molar-refractivity contribution in [3.8, 4) is 11.3 Å². The van der Waals surface area contributed by atoms with Crippen molar-refractivity contribution in [3.63, 3.8) is 0 Å². The van der Waals surface area contributed by atoms with Crippen LogP contribution in [0.25, 0.3) is 11.3 Å². The summed E-state index contributed by atoms with van der Waals surface area (Å²) in [6.07, 6.45) is 1.05. The van der Waals surface area contributed by atoms with Crippen molar-refractivity contribution in [2.45, 2.75) is 25.9 Å². The van der Waals surface area contributed by atoms with Gasteiger partial charge in [-0.2, -0.15) is 0 Å². The van der Waals surface area contributed by atoms with Crippen molar-refractivity contribution in [3.05, 3.63) is 47.2 Å². The van der Waals surface area contributed by atoms with Crippen molar-refractivity contribution in [2.75, 3.05) is 19.8 Å². The molecule has 1 aliphatic rings. The molecule has 1 aromatic heterocycles. The third-order valence-electron chi connectivity index (χ3n) is 4.51. The summed E-state index contributed by atoms with van der Waals surface area (Å²) in [5.74, 6) is 1.92. The van der Waals surface area contributed by atoms with E-state index in [0.717, 1.165) is 36.7 Å². The first-order chi connectivity index (χ1) is 12.1. The number of halogens is 1. The second-order valence-electron chi connectivity index (χ2n) is 6.34. The van der Waals surface area contributed by atoms with Gasteiger partial charge in [-0.05, 0) is 55.7 Å². The van der Waals surface area contributed by atoms with E-state index in [9.17, 15) is 4.79 Å². The van der Waals surface area contributed by atoms with Crippen LogP contribution in [0.4, 0.5) is 0 Å². The van der Waals surface area contributed by atoms with E-state index < -0.39 is 0 Å². The van der Waals surface area contributed by atoms with Crippen molar-refractivity contribution in [2.24, 2.45) is 5.92 Å². The molecule has 134 valence electrons. The molecule has 0 unspecified atom stereocenters. The summed E-state index contributed by atoms with van der Waals surface area (Å²) in [5.41, 5.74) is 0.955. The minimum absolute atomic E-state index is 0.0461. The summed E-state index contributed by atoms with van der Waals surface area (Å²) in [4.78, 5) is 12.0. The van der Waals surface area contributed by atoms with Crippen molar-refractivity contribution < 1.29 is 13.9 Å². The molecule has 2 atom stereocenters. The van der Waals surface area contributed by atoms with Gasteiger partial charge in [-0.1, -0.05) is 11.6 Å². The van der Waals surface area contributed by atoms with Gasteiger partial charge in [0.05, 0.1) is 19.7 Å². The summed E-state index contributed by atoms with van der Waals surface area (Å²) in [5, 5.41) is 6.82. The lowest BCUT2D eigenvalue weighted by Crippen LogP contribution is -2.41. The monoisotopic (exact) mass is 362 g/mol. The third-order valence-corrected chi connectivity index (χ3v) is 4.76. The lowest BCUT2D eigenvalue weighted by Gasteiger charge is -2.18. The largest absolute Gasteiger partial charge is 0.459 e. The predicted molar refractivity (Wildman–Crippen MR) is 97.4 cm³/mol. The Morgan fingerprint density at radius 1 is 1.28 bits per heavy atom. The molecule has 2 N–H and O–H groups in total. The fraction of sp³-hybridized carbons (Fsp3) is 0.421. The molecule has 0 radical (unpaired) electrons. The number of furan rings is 1. The molecule has 5 nitrogen and oxygen atoms in total. The summed E-state index contributed by atoms with van der Waals surface area (Å²) in [7, 11) is 0. The Kier molecular flexibility index (Phi) is 6.13. The number of benzene rings is 1. The molecule has 1 aromatic carbocycles. The maximum Gasteiger partial charge on any atom is 0.234 e. The molecule has 25 heavy (non-hydrogen) atoms. The molecule has 0 spiro atoms. The van der Waals surface area contributed by atoms with Crippen LogP contribution in [-0.4, -0.2) is 31.7 Å². The van der Waals surface area contributed by atoms with Gasteiger partial charge >= 0.3 is 0 Å². The van der Waals surface area contributed by atoms with E-state index >= 15 is 0 Å². The van der Waals surface area contributed by atoms with E-state index in [2.05, 4.69) is 17.6 Å². The van der Waals surface area contributed by atoms with Crippen LogP contribution < -0.4 is 10.6 Å². The van der Waals surface area contributed by atoms with Crippen LogP contribution in [-0.2, 0) is 16.1 Å².